The number of hydrogen-bond donors (Lipinski definition) is 2. The smallest absolute Gasteiger partial charge is 0.268 e. The molecule has 0 aliphatic heterocycles. The number of aromatic amines is 1. The Hall–Kier alpha value is -3.39. The highest BCUT2D eigenvalue weighted by molar-refractivity contribution is 7.19. The minimum Gasteiger partial charge on any atom is -0.364 e. The molecule has 1 aliphatic carbocycles. The van der Waals surface area contributed by atoms with Gasteiger partial charge in [-0.15, -0.1) is 0 Å². The van der Waals surface area contributed by atoms with Gasteiger partial charge in [0.05, 0.1) is 34.3 Å². The quantitative estimate of drug-likeness (QED) is 0.507. The summed E-state index contributed by atoms with van der Waals surface area (Å²) in [6.45, 7) is 2.06. The summed E-state index contributed by atoms with van der Waals surface area (Å²) in [6.07, 6.45) is 7.84. The SMILES string of the molecule is Cc1ccc(-n2cc(N(c3nc(C(N)=O)c(-c4ccc[nH]4)s3)C3CC3)cn2)cc1. The van der Waals surface area contributed by atoms with Crippen LogP contribution < -0.4 is 10.6 Å². The minimum absolute atomic E-state index is 0.295. The van der Waals surface area contributed by atoms with Crippen molar-refractivity contribution in [2.45, 2.75) is 25.8 Å². The van der Waals surface area contributed by atoms with Crippen LogP contribution in [0.4, 0.5) is 10.8 Å². The number of amides is 1. The molecule has 4 aromatic rings. The molecule has 0 unspecified atom stereocenters. The fraction of sp³-hybridized carbons (Fsp3) is 0.190. The molecule has 7 nitrogen and oxygen atoms in total. The van der Waals surface area contributed by atoms with Crippen LogP contribution in [-0.4, -0.2) is 31.7 Å². The van der Waals surface area contributed by atoms with Gasteiger partial charge in [0.2, 0.25) is 0 Å². The number of H-pyrrole nitrogens is 1. The average Bonchev–Trinajstić information content (AvgIpc) is 3.13. The molecule has 8 heteroatoms. The molecule has 3 N–H and O–H groups in total. The third kappa shape index (κ3) is 3.31. The number of aryl methyl sites for hydroxylation is 1. The van der Waals surface area contributed by atoms with Crippen LogP contribution in [-0.2, 0) is 0 Å². The van der Waals surface area contributed by atoms with Crippen LogP contribution in [0.3, 0.4) is 0 Å². The van der Waals surface area contributed by atoms with Gasteiger partial charge < -0.3 is 15.6 Å². The molecule has 0 radical (unpaired) electrons. The zero-order valence-electron chi connectivity index (χ0n) is 15.9. The monoisotopic (exact) mass is 404 g/mol. The first-order valence-corrected chi connectivity index (χ1v) is 10.3. The van der Waals surface area contributed by atoms with Gasteiger partial charge in [0.15, 0.2) is 10.8 Å². The van der Waals surface area contributed by atoms with Crippen molar-refractivity contribution in [2.75, 3.05) is 4.90 Å². The van der Waals surface area contributed by atoms with E-state index in [1.807, 2.05) is 47.5 Å². The van der Waals surface area contributed by atoms with Gasteiger partial charge in [0, 0.05) is 12.2 Å². The summed E-state index contributed by atoms with van der Waals surface area (Å²) >= 11 is 1.47. The Kier molecular flexibility index (Phi) is 4.21. The maximum atomic E-state index is 12.0. The van der Waals surface area contributed by atoms with Crippen molar-refractivity contribution in [3.63, 3.8) is 0 Å². The van der Waals surface area contributed by atoms with Crippen LogP contribution >= 0.6 is 11.3 Å². The van der Waals surface area contributed by atoms with Gasteiger partial charge in [-0.3, -0.25) is 4.79 Å². The molecule has 0 bridgehead atoms. The second kappa shape index (κ2) is 6.89. The summed E-state index contributed by atoms with van der Waals surface area (Å²) in [5.41, 5.74) is 9.91. The van der Waals surface area contributed by atoms with Crippen LogP contribution in [0.1, 0.15) is 28.9 Å². The first-order chi connectivity index (χ1) is 14.1. The van der Waals surface area contributed by atoms with Gasteiger partial charge in [-0.05, 0) is 44.0 Å². The second-order valence-electron chi connectivity index (χ2n) is 7.20. The highest BCUT2D eigenvalue weighted by atomic mass is 32.1. The Morgan fingerprint density at radius 3 is 2.72 bits per heavy atom. The standard InChI is InChI=1S/C21H20N6OS/c1-13-4-6-14(7-5-13)26-12-16(11-24-26)27(15-8-9-15)21-25-18(20(22)28)19(29-21)17-3-2-10-23-17/h2-7,10-12,15,23H,8-9H2,1H3,(H2,22,28). The van der Waals surface area contributed by atoms with E-state index in [1.165, 1.54) is 16.9 Å². The number of carbonyl (C=O) groups is 1. The van der Waals surface area contributed by atoms with Crippen molar-refractivity contribution in [3.8, 4) is 16.3 Å². The van der Waals surface area contributed by atoms with E-state index in [1.54, 1.807) is 0 Å². The Bertz CT molecular complexity index is 1150. The fourth-order valence-corrected chi connectivity index (χ4v) is 4.47. The number of rotatable bonds is 6. The molecule has 1 amide bonds. The summed E-state index contributed by atoms with van der Waals surface area (Å²) in [5.74, 6) is -0.525. The van der Waals surface area contributed by atoms with Crippen molar-refractivity contribution in [1.82, 2.24) is 19.7 Å². The summed E-state index contributed by atoms with van der Waals surface area (Å²) in [7, 11) is 0. The van der Waals surface area contributed by atoms with Gasteiger partial charge in [0.1, 0.15) is 0 Å². The minimum atomic E-state index is -0.525. The van der Waals surface area contributed by atoms with Gasteiger partial charge in [-0.1, -0.05) is 29.0 Å². The number of anilines is 2. The van der Waals surface area contributed by atoms with Gasteiger partial charge in [0.25, 0.3) is 5.91 Å². The lowest BCUT2D eigenvalue weighted by molar-refractivity contribution is 0.0997. The zero-order chi connectivity index (χ0) is 20.0. The van der Waals surface area contributed by atoms with E-state index in [9.17, 15) is 4.79 Å². The number of hydrogen-bond acceptors (Lipinski definition) is 5. The third-order valence-electron chi connectivity index (χ3n) is 4.96. The molecule has 1 aliphatic rings. The molecule has 0 spiro atoms. The number of aromatic nitrogens is 4. The molecular formula is C21H20N6OS. The Morgan fingerprint density at radius 1 is 1.28 bits per heavy atom. The van der Waals surface area contributed by atoms with Gasteiger partial charge in [-0.2, -0.15) is 5.10 Å². The van der Waals surface area contributed by atoms with E-state index in [0.29, 0.717) is 11.7 Å². The maximum Gasteiger partial charge on any atom is 0.268 e. The van der Waals surface area contributed by atoms with Crippen LogP contribution in [0, 0.1) is 6.92 Å². The highest BCUT2D eigenvalue weighted by Gasteiger charge is 2.34. The lowest BCUT2D eigenvalue weighted by Gasteiger charge is -2.19. The van der Waals surface area contributed by atoms with Crippen LogP contribution in [0.25, 0.3) is 16.3 Å². The topological polar surface area (TPSA) is 92.8 Å². The van der Waals surface area contributed by atoms with E-state index in [0.717, 1.165) is 39.9 Å². The number of nitrogens with two attached hydrogens (primary N) is 1. The summed E-state index contributed by atoms with van der Waals surface area (Å²) in [6, 6.07) is 12.4. The average molecular weight is 404 g/mol. The van der Waals surface area contributed by atoms with E-state index in [-0.39, 0.29) is 0 Å². The highest BCUT2D eigenvalue weighted by Crippen LogP contribution is 2.43. The first-order valence-electron chi connectivity index (χ1n) is 9.45. The predicted octanol–water partition coefficient (Wildman–Crippen LogP) is 4.03. The van der Waals surface area contributed by atoms with Crippen LogP contribution in [0.5, 0.6) is 0 Å². The van der Waals surface area contributed by atoms with Crippen molar-refractivity contribution in [1.29, 1.82) is 0 Å². The third-order valence-corrected chi connectivity index (χ3v) is 6.04. The summed E-state index contributed by atoms with van der Waals surface area (Å²) < 4.78 is 1.86. The van der Waals surface area contributed by atoms with Gasteiger partial charge in [-0.25, -0.2) is 9.67 Å². The summed E-state index contributed by atoms with van der Waals surface area (Å²) in [5, 5.41) is 5.30. The number of primary amides is 1. The molecule has 1 aromatic carbocycles. The van der Waals surface area contributed by atoms with Crippen LogP contribution in [0.2, 0.25) is 0 Å². The molecular weight excluding hydrogens is 384 g/mol. The molecule has 3 aromatic heterocycles. The van der Waals surface area contributed by atoms with E-state index >= 15 is 0 Å². The van der Waals surface area contributed by atoms with Crippen LogP contribution in [0.15, 0.2) is 55.0 Å². The number of nitrogens with one attached hydrogen (secondary N) is 1. The Labute approximate surface area is 171 Å². The number of benzene rings is 1. The zero-order valence-corrected chi connectivity index (χ0v) is 16.7. The Balaban J connectivity index is 1.54. The van der Waals surface area contributed by atoms with Crippen molar-refractivity contribution in [2.24, 2.45) is 5.73 Å². The normalized spacial score (nSPS) is 13.6. The van der Waals surface area contributed by atoms with Crippen molar-refractivity contribution in [3.05, 3.63) is 66.2 Å². The van der Waals surface area contributed by atoms with Crippen molar-refractivity contribution < 1.29 is 4.79 Å². The Morgan fingerprint density at radius 2 is 2.07 bits per heavy atom. The lowest BCUT2D eigenvalue weighted by Crippen LogP contribution is -2.19. The predicted molar refractivity (Wildman–Crippen MR) is 114 cm³/mol. The molecule has 146 valence electrons. The number of carbonyl (C=O) groups excluding carboxylic acids is 1. The molecule has 29 heavy (non-hydrogen) atoms. The number of thiazole rings is 1. The largest absolute Gasteiger partial charge is 0.364 e. The molecule has 1 fully saturated rings. The number of nitrogens with zero attached hydrogens (tertiary/aromatic N) is 4. The van der Waals surface area contributed by atoms with E-state index in [2.05, 4.69) is 39.0 Å². The van der Waals surface area contributed by atoms with Crippen molar-refractivity contribution >= 4 is 28.1 Å². The molecule has 0 saturated heterocycles. The lowest BCUT2D eigenvalue weighted by atomic mass is 10.2. The molecule has 1 saturated carbocycles. The fourth-order valence-electron chi connectivity index (χ4n) is 3.32. The van der Waals surface area contributed by atoms with Gasteiger partial charge >= 0.3 is 0 Å². The van der Waals surface area contributed by atoms with E-state index in [4.69, 9.17) is 5.73 Å². The molecule has 5 rings (SSSR count). The molecule has 0 atom stereocenters. The first kappa shape index (κ1) is 17.7. The summed E-state index contributed by atoms with van der Waals surface area (Å²) in [4.78, 5) is 22.7. The second-order valence-corrected chi connectivity index (χ2v) is 8.18. The molecule has 3 heterocycles. The van der Waals surface area contributed by atoms with E-state index < -0.39 is 5.91 Å². The maximum absolute atomic E-state index is 12.0.